The second-order valence-corrected chi connectivity index (χ2v) is 6.01. The maximum Gasteiger partial charge on any atom is 0.248 e. The number of hydrogen-bond donors (Lipinski definition) is 2. The monoisotopic (exact) mass is 294 g/mol. The van der Waals surface area contributed by atoms with Gasteiger partial charge in [-0.2, -0.15) is 4.98 Å². The molecular formula is C15H26N4O2. The van der Waals surface area contributed by atoms with Crippen LogP contribution in [0, 0.1) is 5.92 Å². The fourth-order valence-electron chi connectivity index (χ4n) is 2.77. The molecule has 0 radical (unpaired) electrons. The highest BCUT2D eigenvalue weighted by atomic mass is 16.5. The average Bonchev–Trinajstić information content (AvgIpc) is 2.98. The number of nitrogens with one attached hydrogen (secondary N) is 2. The molecule has 0 spiro atoms. The van der Waals surface area contributed by atoms with Gasteiger partial charge in [0.25, 0.3) is 0 Å². The molecule has 21 heavy (non-hydrogen) atoms. The van der Waals surface area contributed by atoms with Gasteiger partial charge in [0.15, 0.2) is 5.82 Å². The van der Waals surface area contributed by atoms with E-state index >= 15 is 0 Å². The Morgan fingerprint density at radius 3 is 2.71 bits per heavy atom. The normalized spacial score (nSPS) is 19.2. The minimum atomic E-state index is -0.248. The molecule has 0 aromatic carbocycles. The Morgan fingerprint density at radius 1 is 1.33 bits per heavy atom. The number of aromatic nitrogens is 2. The van der Waals surface area contributed by atoms with Gasteiger partial charge in [0.05, 0.1) is 0 Å². The van der Waals surface area contributed by atoms with E-state index in [1.54, 1.807) is 0 Å². The van der Waals surface area contributed by atoms with Gasteiger partial charge < -0.3 is 15.2 Å². The summed E-state index contributed by atoms with van der Waals surface area (Å²) in [7, 11) is 1.83. The van der Waals surface area contributed by atoms with Crippen molar-refractivity contribution in [1.82, 2.24) is 20.8 Å². The van der Waals surface area contributed by atoms with Gasteiger partial charge in [0.1, 0.15) is 6.04 Å². The SMILES string of the molecule is CNCC(C)C(=O)NC(C)c1nc(C2CCCCC2)no1. The van der Waals surface area contributed by atoms with Crippen molar-refractivity contribution in [3.8, 4) is 0 Å². The van der Waals surface area contributed by atoms with E-state index in [0.717, 1.165) is 18.7 Å². The molecule has 2 N–H and O–H groups in total. The van der Waals surface area contributed by atoms with Crippen molar-refractivity contribution in [2.75, 3.05) is 13.6 Å². The zero-order valence-electron chi connectivity index (χ0n) is 13.2. The Morgan fingerprint density at radius 2 is 2.05 bits per heavy atom. The van der Waals surface area contributed by atoms with Crippen LogP contribution in [0.4, 0.5) is 0 Å². The van der Waals surface area contributed by atoms with Crippen molar-refractivity contribution in [3.63, 3.8) is 0 Å². The molecule has 1 aliphatic carbocycles. The number of carbonyl (C=O) groups excluding carboxylic acids is 1. The first-order chi connectivity index (χ1) is 10.1. The Bertz CT molecular complexity index is 454. The van der Waals surface area contributed by atoms with Crippen molar-refractivity contribution in [2.24, 2.45) is 5.92 Å². The highest BCUT2D eigenvalue weighted by molar-refractivity contribution is 5.78. The fraction of sp³-hybridized carbons (Fsp3) is 0.800. The van der Waals surface area contributed by atoms with Crippen LogP contribution < -0.4 is 10.6 Å². The molecule has 1 aromatic heterocycles. The van der Waals surface area contributed by atoms with E-state index in [0.29, 0.717) is 18.4 Å². The van der Waals surface area contributed by atoms with Gasteiger partial charge in [-0.15, -0.1) is 0 Å². The predicted octanol–water partition coefficient (Wildman–Crippen LogP) is 2.15. The molecule has 1 amide bonds. The smallest absolute Gasteiger partial charge is 0.248 e. The molecule has 1 aromatic rings. The molecular weight excluding hydrogens is 268 g/mol. The summed E-state index contributed by atoms with van der Waals surface area (Å²) in [5.41, 5.74) is 0. The van der Waals surface area contributed by atoms with Crippen LogP contribution in [-0.4, -0.2) is 29.6 Å². The second-order valence-electron chi connectivity index (χ2n) is 6.01. The third-order valence-electron chi connectivity index (χ3n) is 4.11. The van der Waals surface area contributed by atoms with Crippen molar-refractivity contribution in [2.45, 2.75) is 57.9 Å². The van der Waals surface area contributed by atoms with Crippen LogP contribution in [0.3, 0.4) is 0 Å². The van der Waals surface area contributed by atoms with Crippen LogP contribution in [-0.2, 0) is 4.79 Å². The van der Waals surface area contributed by atoms with Crippen LogP contribution in [0.5, 0.6) is 0 Å². The van der Waals surface area contributed by atoms with E-state index in [4.69, 9.17) is 4.52 Å². The standard InChI is InChI=1S/C15H26N4O2/c1-10(9-16-3)14(20)17-11(2)15-18-13(19-21-15)12-7-5-4-6-8-12/h10-12,16H,4-9H2,1-3H3,(H,17,20). The summed E-state index contributed by atoms with van der Waals surface area (Å²) in [6.07, 6.45) is 6.06. The zero-order valence-corrected chi connectivity index (χ0v) is 13.2. The minimum Gasteiger partial charge on any atom is -0.344 e. The fourth-order valence-corrected chi connectivity index (χ4v) is 2.77. The highest BCUT2D eigenvalue weighted by Crippen LogP contribution is 2.31. The summed E-state index contributed by atoms with van der Waals surface area (Å²) in [6, 6.07) is -0.248. The molecule has 1 saturated carbocycles. The van der Waals surface area contributed by atoms with Crippen molar-refractivity contribution in [1.29, 1.82) is 0 Å². The van der Waals surface area contributed by atoms with Gasteiger partial charge in [-0.25, -0.2) is 0 Å². The first kappa shape index (κ1) is 15.9. The van der Waals surface area contributed by atoms with Gasteiger partial charge in [0, 0.05) is 18.4 Å². The first-order valence-corrected chi connectivity index (χ1v) is 7.90. The largest absolute Gasteiger partial charge is 0.344 e. The van der Waals surface area contributed by atoms with Crippen molar-refractivity contribution >= 4 is 5.91 Å². The summed E-state index contributed by atoms with van der Waals surface area (Å²) in [6.45, 7) is 4.41. The molecule has 1 fully saturated rings. The average molecular weight is 294 g/mol. The van der Waals surface area contributed by atoms with Crippen LogP contribution in [0.25, 0.3) is 0 Å². The van der Waals surface area contributed by atoms with E-state index < -0.39 is 0 Å². The van der Waals surface area contributed by atoms with Gasteiger partial charge in [-0.1, -0.05) is 31.3 Å². The summed E-state index contributed by atoms with van der Waals surface area (Å²) in [5.74, 6) is 1.63. The van der Waals surface area contributed by atoms with Crippen LogP contribution in [0.1, 0.15) is 69.6 Å². The van der Waals surface area contributed by atoms with Gasteiger partial charge >= 0.3 is 0 Å². The first-order valence-electron chi connectivity index (χ1n) is 7.90. The van der Waals surface area contributed by atoms with Crippen molar-refractivity contribution < 1.29 is 9.32 Å². The molecule has 2 rings (SSSR count). The lowest BCUT2D eigenvalue weighted by Crippen LogP contribution is -2.35. The minimum absolute atomic E-state index is 0.00531. The predicted molar refractivity (Wildman–Crippen MR) is 79.8 cm³/mol. The maximum atomic E-state index is 12.0. The van der Waals surface area contributed by atoms with Gasteiger partial charge in [0.2, 0.25) is 11.8 Å². The third-order valence-corrected chi connectivity index (χ3v) is 4.11. The summed E-state index contributed by atoms with van der Waals surface area (Å²) >= 11 is 0. The quantitative estimate of drug-likeness (QED) is 0.840. The van der Waals surface area contributed by atoms with Crippen LogP contribution in [0.15, 0.2) is 4.52 Å². The molecule has 0 aliphatic heterocycles. The summed E-state index contributed by atoms with van der Waals surface area (Å²) in [4.78, 5) is 16.5. The molecule has 6 heteroatoms. The number of carbonyl (C=O) groups is 1. The summed E-state index contributed by atoms with van der Waals surface area (Å²) in [5, 5.41) is 10.0. The van der Waals surface area contributed by atoms with E-state index in [1.807, 2.05) is 20.9 Å². The Kier molecular flexibility index (Phi) is 5.73. The zero-order chi connectivity index (χ0) is 15.2. The van der Waals surface area contributed by atoms with Gasteiger partial charge in [-0.3, -0.25) is 4.79 Å². The summed E-state index contributed by atoms with van der Waals surface area (Å²) < 4.78 is 5.33. The number of rotatable bonds is 6. The molecule has 118 valence electrons. The maximum absolute atomic E-state index is 12.0. The molecule has 0 bridgehead atoms. The van der Waals surface area contributed by atoms with Gasteiger partial charge in [-0.05, 0) is 26.8 Å². The molecule has 2 atom stereocenters. The van der Waals surface area contributed by atoms with E-state index in [9.17, 15) is 4.79 Å². The molecule has 1 aliphatic rings. The lowest BCUT2D eigenvalue weighted by molar-refractivity contribution is -0.125. The molecule has 6 nitrogen and oxygen atoms in total. The van der Waals surface area contributed by atoms with Crippen LogP contribution >= 0.6 is 0 Å². The topological polar surface area (TPSA) is 80.0 Å². The molecule has 0 saturated heterocycles. The second kappa shape index (κ2) is 7.54. The van der Waals surface area contributed by atoms with E-state index in [2.05, 4.69) is 20.8 Å². The molecule has 1 heterocycles. The molecule has 2 unspecified atom stereocenters. The Labute approximate surface area is 126 Å². The lowest BCUT2D eigenvalue weighted by atomic mass is 9.89. The number of nitrogens with zero attached hydrogens (tertiary/aromatic N) is 2. The van der Waals surface area contributed by atoms with Crippen LogP contribution in [0.2, 0.25) is 0 Å². The van der Waals surface area contributed by atoms with Crippen molar-refractivity contribution in [3.05, 3.63) is 11.7 Å². The number of amides is 1. The van der Waals surface area contributed by atoms with E-state index in [-0.39, 0.29) is 17.9 Å². The number of hydrogen-bond acceptors (Lipinski definition) is 5. The Balaban J connectivity index is 1.92. The highest BCUT2D eigenvalue weighted by Gasteiger charge is 2.24. The lowest BCUT2D eigenvalue weighted by Gasteiger charge is -2.17. The Hall–Kier alpha value is -1.43. The van der Waals surface area contributed by atoms with E-state index in [1.165, 1.54) is 19.3 Å². The third kappa shape index (κ3) is 4.27.